The summed E-state index contributed by atoms with van der Waals surface area (Å²) in [5, 5.41) is 11.2. The molecule has 1 heterocycles. The maximum atomic E-state index is 12.5. The molecule has 0 spiro atoms. The average molecular weight is 461 g/mol. The molecule has 1 N–H and O–H groups in total. The van der Waals surface area contributed by atoms with Crippen molar-refractivity contribution in [1.29, 1.82) is 0 Å². The van der Waals surface area contributed by atoms with Crippen LogP contribution in [0.1, 0.15) is 15.9 Å². The summed E-state index contributed by atoms with van der Waals surface area (Å²) in [5.41, 5.74) is 2.03. The molecule has 1 amide bonds. The highest BCUT2D eigenvalue weighted by Gasteiger charge is 2.17. The van der Waals surface area contributed by atoms with Crippen LogP contribution in [0.25, 0.3) is 0 Å². The predicted octanol–water partition coefficient (Wildman–Crippen LogP) is 4.03. The van der Waals surface area contributed by atoms with Crippen LogP contribution < -0.4 is 9.62 Å². The van der Waals surface area contributed by atoms with Crippen molar-refractivity contribution in [3.8, 4) is 0 Å². The van der Waals surface area contributed by atoms with Crippen LogP contribution in [0.4, 0.5) is 10.8 Å². The highest BCUT2D eigenvalue weighted by atomic mass is 32.2. The van der Waals surface area contributed by atoms with E-state index >= 15 is 0 Å². The first kappa shape index (κ1) is 22.0. The first-order chi connectivity index (χ1) is 14.4. The number of benzene rings is 2. The molecule has 7 nitrogen and oxygen atoms in total. The summed E-state index contributed by atoms with van der Waals surface area (Å²) >= 11 is 2.86. The molecule has 30 heavy (non-hydrogen) atoms. The first-order valence-electron chi connectivity index (χ1n) is 8.87. The molecule has 0 fully saturated rings. The van der Waals surface area contributed by atoms with Crippen LogP contribution in [0.2, 0.25) is 0 Å². The van der Waals surface area contributed by atoms with Gasteiger partial charge in [0.2, 0.25) is 15.2 Å². The highest BCUT2D eigenvalue weighted by Crippen LogP contribution is 2.28. The number of sulfonamides is 1. The number of carbonyl (C=O) groups excluding carboxylic acids is 1. The zero-order valence-electron chi connectivity index (χ0n) is 16.2. The molecule has 1 aromatic heterocycles. The minimum Gasteiger partial charge on any atom is -0.296 e. The summed E-state index contributed by atoms with van der Waals surface area (Å²) < 4.78 is 25.8. The number of anilines is 2. The van der Waals surface area contributed by atoms with Crippen molar-refractivity contribution in [3.05, 3.63) is 78.4 Å². The molecular weight excluding hydrogens is 440 g/mol. The lowest BCUT2D eigenvalue weighted by atomic mass is 10.2. The highest BCUT2D eigenvalue weighted by molar-refractivity contribution is 8.00. The second kappa shape index (κ2) is 9.88. The standard InChI is InChI=1S/C20H20N4O3S3/c1-3-13-24(30(2,26)27)17-11-9-16(10-12-17)18(25)21-19-22-23-20(29-19)28-14-15-7-5-4-6-8-15/h3-12H,1,13-14H2,2H3,(H,21,22,25). The van der Waals surface area contributed by atoms with Crippen molar-refractivity contribution in [1.82, 2.24) is 10.2 Å². The van der Waals surface area contributed by atoms with Gasteiger partial charge in [-0.1, -0.05) is 59.5 Å². The molecule has 2 aromatic carbocycles. The minimum atomic E-state index is -3.44. The Labute approximate surface area is 183 Å². The van der Waals surface area contributed by atoms with E-state index in [1.165, 1.54) is 27.3 Å². The quantitative estimate of drug-likeness (QED) is 0.294. The third kappa shape index (κ3) is 5.91. The normalized spacial score (nSPS) is 11.1. The van der Waals surface area contributed by atoms with Gasteiger partial charge in [-0.15, -0.1) is 16.8 Å². The molecule has 10 heteroatoms. The number of thioether (sulfide) groups is 1. The minimum absolute atomic E-state index is 0.151. The van der Waals surface area contributed by atoms with Crippen molar-refractivity contribution in [2.24, 2.45) is 0 Å². The number of amides is 1. The summed E-state index contributed by atoms with van der Waals surface area (Å²) in [6.45, 7) is 3.73. The van der Waals surface area contributed by atoms with E-state index in [1.807, 2.05) is 30.3 Å². The third-order valence-corrected chi connectivity index (χ3v) is 7.15. The number of rotatable bonds is 9. The van der Waals surface area contributed by atoms with Gasteiger partial charge in [0.1, 0.15) is 0 Å². The molecule has 3 aromatic rings. The number of nitrogens with zero attached hydrogens (tertiary/aromatic N) is 3. The lowest BCUT2D eigenvalue weighted by molar-refractivity contribution is 0.102. The Bertz CT molecular complexity index is 1110. The fourth-order valence-electron chi connectivity index (χ4n) is 2.54. The van der Waals surface area contributed by atoms with Gasteiger partial charge in [0, 0.05) is 11.3 Å². The van der Waals surface area contributed by atoms with Gasteiger partial charge in [0.15, 0.2) is 4.34 Å². The molecular formula is C20H20N4O3S3. The maximum absolute atomic E-state index is 12.5. The van der Waals surface area contributed by atoms with Gasteiger partial charge in [-0.25, -0.2) is 8.42 Å². The zero-order valence-corrected chi connectivity index (χ0v) is 18.6. The molecule has 0 bridgehead atoms. The number of hydrogen-bond acceptors (Lipinski definition) is 7. The average Bonchev–Trinajstić information content (AvgIpc) is 3.18. The number of nitrogens with one attached hydrogen (secondary N) is 1. The van der Waals surface area contributed by atoms with Crippen molar-refractivity contribution in [2.45, 2.75) is 10.1 Å². The first-order valence-corrected chi connectivity index (χ1v) is 12.5. The van der Waals surface area contributed by atoms with Gasteiger partial charge < -0.3 is 0 Å². The Morgan fingerprint density at radius 1 is 1.17 bits per heavy atom. The monoisotopic (exact) mass is 460 g/mol. The van der Waals surface area contributed by atoms with Crippen LogP contribution >= 0.6 is 23.1 Å². The maximum Gasteiger partial charge on any atom is 0.257 e. The van der Waals surface area contributed by atoms with E-state index in [9.17, 15) is 13.2 Å². The SMILES string of the molecule is C=CCN(c1ccc(C(=O)Nc2nnc(SCc3ccccc3)s2)cc1)S(C)(=O)=O. The van der Waals surface area contributed by atoms with Crippen molar-refractivity contribution >= 4 is 49.8 Å². The summed E-state index contributed by atoms with van der Waals surface area (Å²) in [7, 11) is -3.44. The largest absolute Gasteiger partial charge is 0.296 e. The Morgan fingerprint density at radius 2 is 1.87 bits per heavy atom. The van der Waals surface area contributed by atoms with Crippen LogP contribution in [0.15, 0.2) is 71.6 Å². The van der Waals surface area contributed by atoms with Crippen LogP contribution in [-0.4, -0.2) is 37.3 Å². The Hall–Kier alpha value is -2.69. The van der Waals surface area contributed by atoms with Gasteiger partial charge in [-0.3, -0.25) is 14.4 Å². The van der Waals surface area contributed by atoms with Crippen LogP contribution in [-0.2, 0) is 15.8 Å². The van der Waals surface area contributed by atoms with Gasteiger partial charge >= 0.3 is 0 Å². The molecule has 0 aliphatic rings. The van der Waals surface area contributed by atoms with E-state index in [0.29, 0.717) is 16.4 Å². The molecule has 0 radical (unpaired) electrons. The lowest BCUT2D eigenvalue weighted by Crippen LogP contribution is -2.29. The molecule has 0 unspecified atom stereocenters. The van der Waals surface area contributed by atoms with E-state index in [0.717, 1.165) is 16.3 Å². The van der Waals surface area contributed by atoms with E-state index in [-0.39, 0.29) is 12.5 Å². The lowest BCUT2D eigenvalue weighted by Gasteiger charge is -2.20. The summed E-state index contributed by atoms with van der Waals surface area (Å²) in [4.78, 5) is 12.5. The second-order valence-electron chi connectivity index (χ2n) is 6.23. The van der Waals surface area contributed by atoms with Crippen molar-refractivity contribution in [3.63, 3.8) is 0 Å². The van der Waals surface area contributed by atoms with E-state index in [4.69, 9.17) is 0 Å². The smallest absolute Gasteiger partial charge is 0.257 e. The van der Waals surface area contributed by atoms with Gasteiger partial charge in [0.25, 0.3) is 5.91 Å². The van der Waals surface area contributed by atoms with Crippen LogP contribution in [0, 0.1) is 0 Å². The molecule has 0 aliphatic heterocycles. The number of aromatic nitrogens is 2. The Morgan fingerprint density at radius 3 is 2.50 bits per heavy atom. The molecule has 0 atom stereocenters. The molecule has 156 valence electrons. The molecule has 3 rings (SSSR count). The fourth-order valence-corrected chi connectivity index (χ4v) is 5.12. The predicted molar refractivity (Wildman–Crippen MR) is 123 cm³/mol. The van der Waals surface area contributed by atoms with E-state index < -0.39 is 10.0 Å². The van der Waals surface area contributed by atoms with E-state index in [1.54, 1.807) is 36.0 Å². The zero-order chi connectivity index (χ0) is 21.6. The van der Waals surface area contributed by atoms with Gasteiger partial charge in [-0.05, 0) is 29.8 Å². The summed E-state index contributed by atoms with van der Waals surface area (Å²) in [5.74, 6) is 0.429. The fraction of sp³-hybridized carbons (Fsp3) is 0.150. The number of hydrogen-bond donors (Lipinski definition) is 1. The summed E-state index contributed by atoms with van der Waals surface area (Å²) in [6, 6.07) is 16.3. The van der Waals surface area contributed by atoms with Crippen LogP contribution in [0.5, 0.6) is 0 Å². The molecule has 0 aliphatic carbocycles. The Kier molecular flexibility index (Phi) is 7.24. The topological polar surface area (TPSA) is 92.3 Å². The van der Waals surface area contributed by atoms with Gasteiger partial charge in [-0.2, -0.15) is 0 Å². The summed E-state index contributed by atoms with van der Waals surface area (Å²) in [6.07, 6.45) is 2.63. The Balaban J connectivity index is 1.62. The van der Waals surface area contributed by atoms with E-state index in [2.05, 4.69) is 22.1 Å². The van der Waals surface area contributed by atoms with Gasteiger partial charge in [0.05, 0.1) is 18.5 Å². The molecule has 0 saturated carbocycles. The van der Waals surface area contributed by atoms with Crippen LogP contribution in [0.3, 0.4) is 0 Å². The third-order valence-electron chi connectivity index (χ3n) is 3.94. The molecule has 0 saturated heterocycles. The second-order valence-corrected chi connectivity index (χ2v) is 10.3. The number of carbonyl (C=O) groups is 1. The van der Waals surface area contributed by atoms with Crippen molar-refractivity contribution in [2.75, 3.05) is 22.4 Å². The van der Waals surface area contributed by atoms with Crippen molar-refractivity contribution < 1.29 is 13.2 Å².